The highest BCUT2D eigenvalue weighted by molar-refractivity contribution is 7.89. The van der Waals surface area contributed by atoms with Crippen molar-refractivity contribution >= 4 is 10.0 Å². The molecule has 0 aromatic carbocycles. The smallest absolute Gasteiger partial charge is 0.242 e. The standard InChI is InChI=1S/C14H25N3O3S/c1-11(2)15-9-13-7-14(10-16-13)21(18,19)17-8-12-3-5-20-6-4-12/h7,10-12,15-17H,3-6,8-9H2,1-2H3. The average Bonchev–Trinajstić information content (AvgIpc) is 2.94. The molecule has 0 saturated carbocycles. The molecule has 0 spiro atoms. The third kappa shape index (κ3) is 5.10. The van der Waals surface area contributed by atoms with Gasteiger partial charge in [-0.25, -0.2) is 13.1 Å². The molecule has 7 heteroatoms. The Balaban J connectivity index is 1.89. The summed E-state index contributed by atoms with van der Waals surface area (Å²) in [6.45, 7) is 6.67. The molecule has 1 aliphatic rings. The largest absolute Gasteiger partial charge is 0.381 e. The monoisotopic (exact) mass is 315 g/mol. The maximum absolute atomic E-state index is 12.2. The van der Waals surface area contributed by atoms with Crippen molar-refractivity contribution in [3.63, 3.8) is 0 Å². The van der Waals surface area contributed by atoms with E-state index >= 15 is 0 Å². The second-order valence-corrected chi connectivity index (χ2v) is 7.57. The first-order chi connectivity index (χ1) is 9.97. The van der Waals surface area contributed by atoms with Crippen LogP contribution in [-0.2, 0) is 21.3 Å². The zero-order valence-electron chi connectivity index (χ0n) is 12.7. The Morgan fingerprint density at radius 2 is 2.10 bits per heavy atom. The second kappa shape index (κ2) is 7.40. The van der Waals surface area contributed by atoms with Gasteiger partial charge in [-0.15, -0.1) is 0 Å². The number of hydrogen-bond donors (Lipinski definition) is 3. The lowest BCUT2D eigenvalue weighted by molar-refractivity contribution is 0.0678. The molecule has 3 N–H and O–H groups in total. The van der Waals surface area contributed by atoms with Gasteiger partial charge < -0.3 is 15.0 Å². The van der Waals surface area contributed by atoms with Crippen LogP contribution < -0.4 is 10.0 Å². The third-order valence-corrected chi connectivity index (χ3v) is 5.03. The van der Waals surface area contributed by atoms with Crippen molar-refractivity contribution in [2.75, 3.05) is 19.8 Å². The quantitative estimate of drug-likeness (QED) is 0.706. The number of sulfonamides is 1. The first kappa shape index (κ1) is 16.5. The first-order valence-corrected chi connectivity index (χ1v) is 8.94. The van der Waals surface area contributed by atoms with Crippen LogP contribution in [0.4, 0.5) is 0 Å². The van der Waals surface area contributed by atoms with Gasteiger partial charge in [0.25, 0.3) is 0 Å². The Hall–Kier alpha value is -0.890. The maximum Gasteiger partial charge on any atom is 0.242 e. The number of aromatic nitrogens is 1. The van der Waals surface area contributed by atoms with Crippen LogP contribution in [0, 0.1) is 5.92 Å². The molecule has 0 unspecified atom stereocenters. The lowest BCUT2D eigenvalue weighted by atomic mass is 10.0. The van der Waals surface area contributed by atoms with Gasteiger partial charge in [0.05, 0.1) is 4.90 Å². The van der Waals surface area contributed by atoms with Crippen LogP contribution in [0.3, 0.4) is 0 Å². The summed E-state index contributed by atoms with van der Waals surface area (Å²) in [7, 11) is -3.43. The fourth-order valence-corrected chi connectivity index (χ4v) is 3.38. The molecule has 2 heterocycles. The lowest BCUT2D eigenvalue weighted by Crippen LogP contribution is -2.32. The number of ether oxygens (including phenoxy) is 1. The number of hydrogen-bond acceptors (Lipinski definition) is 4. The summed E-state index contributed by atoms with van der Waals surface area (Å²) in [5, 5.41) is 3.25. The van der Waals surface area contributed by atoms with Gasteiger partial charge in [-0.05, 0) is 24.8 Å². The highest BCUT2D eigenvalue weighted by atomic mass is 32.2. The highest BCUT2D eigenvalue weighted by Gasteiger charge is 2.20. The van der Waals surface area contributed by atoms with Gasteiger partial charge in [-0.1, -0.05) is 13.8 Å². The van der Waals surface area contributed by atoms with Gasteiger partial charge in [0.1, 0.15) is 0 Å². The van der Waals surface area contributed by atoms with Crippen LogP contribution in [0.5, 0.6) is 0 Å². The Morgan fingerprint density at radius 1 is 1.38 bits per heavy atom. The molecule has 1 saturated heterocycles. The molecule has 120 valence electrons. The molecule has 1 aromatic rings. The topological polar surface area (TPSA) is 83.2 Å². The molecule has 1 fully saturated rings. The predicted molar refractivity (Wildman–Crippen MR) is 81.5 cm³/mol. The molecule has 0 amide bonds. The summed E-state index contributed by atoms with van der Waals surface area (Å²) in [5.41, 5.74) is 0.871. The van der Waals surface area contributed by atoms with E-state index < -0.39 is 10.0 Å². The zero-order valence-corrected chi connectivity index (χ0v) is 13.5. The summed E-state index contributed by atoms with van der Waals surface area (Å²) in [4.78, 5) is 3.30. The van der Waals surface area contributed by atoms with E-state index in [9.17, 15) is 8.42 Å². The SMILES string of the molecule is CC(C)NCc1cc(S(=O)(=O)NCC2CCOCC2)c[nH]1. The van der Waals surface area contributed by atoms with Crippen molar-refractivity contribution in [2.24, 2.45) is 5.92 Å². The molecule has 2 rings (SSSR count). The molecule has 6 nitrogen and oxygen atoms in total. The van der Waals surface area contributed by atoms with E-state index in [2.05, 4.69) is 28.9 Å². The van der Waals surface area contributed by atoms with E-state index in [4.69, 9.17) is 4.74 Å². The van der Waals surface area contributed by atoms with Crippen molar-refractivity contribution in [3.8, 4) is 0 Å². The van der Waals surface area contributed by atoms with Crippen LogP contribution in [-0.4, -0.2) is 39.2 Å². The molecular formula is C14H25N3O3S. The minimum absolute atomic E-state index is 0.301. The minimum Gasteiger partial charge on any atom is -0.381 e. The molecule has 21 heavy (non-hydrogen) atoms. The fourth-order valence-electron chi connectivity index (χ4n) is 2.25. The molecule has 0 bridgehead atoms. The molecule has 1 aliphatic heterocycles. The van der Waals surface area contributed by atoms with Crippen LogP contribution in [0.2, 0.25) is 0 Å². The van der Waals surface area contributed by atoms with Gasteiger partial charge >= 0.3 is 0 Å². The van der Waals surface area contributed by atoms with E-state index in [1.54, 1.807) is 12.3 Å². The number of H-pyrrole nitrogens is 1. The normalized spacial score (nSPS) is 17.5. The number of nitrogens with one attached hydrogen (secondary N) is 3. The van der Waals surface area contributed by atoms with Gasteiger partial charge in [-0.3, -0.25) is 0 Å². The van der Waals surface area contributed by atoms with Crippen LogP contribution in [0.15, 0.2) is 17.2 Å². The Labute approximate surface area is 126 Å². The van der Waals surface area contributed by atoms with Crippen LogP contribution in [0.1, 0.15) is 32.4 Å². The van der Waals surface area contributed by atoms with Crippen molar-refractivity contribution in [1.82, 2.24) is 15.0 Å². The lowest BCUT2D eigenvalue weighted by Gasteiger charge is -2.21. The Morgan fingerprint density at radius 3 is 2.76 bits per heavy atom. The minimum atomic E-state index is -3.43. The van der Waals surface area contributed by atoms with E-state index in [1.165, 1.54) is 0 Å². The van der Waals surface area contributed by atoms with Crippen molar-refractivity contribution in [2.45, 2.75) is 44.2 Å². The first-order valence-electron chi connectivity index (χ1n) is 7.45. The van der Waals surface area contributed by atoms with Gasteiger partial charge in [-0.2, -0.15) is 0 Å². The predicted octanol–water partition coefficient (Wildman–Crippen LogP) is 1.22. The Bertz CT molecular complexity index is 533. The summed E-state index contributed by atoms with van der Waals surface area (Å²) >= 11 is 0. The number of aromatic amines is 1. The summed E-state index contributed by atoms with van der Waals surface area (Å²) in [6.07, 6.45) is 3.38. The summed E-state index contributed by atoms with van der Waals surface area (Å²) in [5.74, 6) is 0.370. The van der Waals surface area contributed by atoms with Crippen LogP contribution >= 0.6 is 0 Å². The highest BCUT2D eigenvalue weighted by Crippen LogP contribution is 2.16. The van der Waals surface area contributed by atoms with Crippen molar-refractivity contribution in [3.05, 3.63) is 18.0 Å². The molecular weight excluding hydrogens is 290 g/mol. The molecule has 0 aliphatic carbocycles. The van der Waals surface area contributed by atoms with Crippen LogP contribution in [0.25, 0.3) is 0 Å². The van der Waals surface area contributed by atoms with E-state index in [-0.39, 0.29) is 0 Å². The maximum atomic E-state index is 12.2. The van der Waals surface area contributed by atoms with Crippen molar-refractivity contribution in [1.29, 1.82) is 0 Å². The summed E-state index contributed by atoms with van der Waals surface area (Å²) < 4.78 is 32.5. The Kier molecular flexibility index (Phi) is 5.80. The number of rotatable bonds is 7. The summed E-state index contributed by atoms with van der Waals surface area (Å²) in [6, 6.07) is 2.04. The van der Waals surface area contributed by atoms with Crippen molar-refractivity contribution < 1.29 is 13.2 Å². The van der Waals surface area contributed by atoms with Gasteiger partial charge in [0.15, 0.2) is 0 Å². The molecule has 0 atom stereocenters. The molecule has 0 radical (unpaired) electrons. The van der Waals surface area contributed by atoms with Gasteiger partial charge in [0, 0.05) is 44.2 Å². The second-order valence-electron chi connectivity index (χ2n) is 5.80. The fraction of sp³-hybridized carbons (Fsp3) is 0.714. The van der Waals surface area contributed by atoms with E-state index in [0.717, 1.165) is 31.7 Å². The zero-order chi connectivity index (χ0) is 15.3. The van der Waals surface area contributed by atoms with Gasteiger partial charge in [0.2, 0.25) is 10.0 Å². The molecule has 1 aromatic heterocycles. The average molecular weight is 315 g/mol. The van der Waals surface area contributed by atoms with E-state index in [1.807, 2.05) is 0 Å². The third-order valence-electron chi connectivity index (χ3n) is 3.63. The van der Waals surface area contributed by atoms with E-state index in [0.29, 0.717) is 29.9 Å².